The molecule has 12 nitrogen and oxygen atoms in total. The van der Waals surface area contributed by atoms with Crippen molar-refractivity contribution in [3.05, 3.63) is 33.9 Å². The molecule has 0 amide bonds. The van der Waals surface area contributed by atoms with Crippen molar-refractivity contribution in [1.82, 2.24) is 0 Å². The normalized spacial score (nSPS) is 24.8. The van der Waals surface area contributed by atoms with Crippen LogP contribution in [0.2, 0.25) is 0 Å². The van der Waals surface area contributed by atoms with Gasteiger partial charge in [0, 0.05) is 32.3 Å². The number of rotatable bonds is 8. The highest BCUT2D eigenvalue weighted by molar-refractivity contribution is 5.75. The Labute approximate surface area is 195 Å². The molecule has 6 atom stereocenters. The highest BCUT2D eigenvalue weighted by atomic mass is 16.7. The monoisotopic (exact) mass is 479 g/mol. The van der Waals surface area contributed by atoms with Crippen LogP contribution in [0.25, 0.3) is 0 Å². The summed E-state index contributed by atoms with van der Waals surface area (Å²) in [5.41, 5.74) is -0.368. The first-order valence-corrected chi connectivity index (χ1v) is 10.1. The minimum Gasteiger partial charge on any atom is -0.467 e. The molecule has 1 aliphatic heterocycles. The first-order chi connectivity index (χ1) is 16.0. The first-order valence-electron chi connectivity index (χ1n) is 10.1. The van der Waals surface area contributed by atoms with Crippen molar-refractivity contribution in [1.29, 1.82) is 0 Å². The summed E-state index contributed by atoms with van der Waals surface area (Å²) in [7, 11) is 1.12. The maximum Gasteiger partial charge on any atom is 0.335 e. The first kappa shape index (κ1) is 26.6. The Morgan fingerprint density at radius 2 is 1.85 bits per heavy atom. The van der Waals surface area contributed by atoms with Gasteiger partial charge in [0.2, 0.25) is 12.4 Å². The lowest BCUT2D eigenvalue weighted by Crippen LogP contribution is -2.60. The molecular weight excluding hydrogens is 454 g/mol. The lowest BCUT2D eigenvalue weighted by Gasteiger charge is -2.42. The van der Waals surface area contributed by atoms with E-state index in [1.54, 1.807) is 0 Å². The number of aliphatic hydroxyl groups excluding tert-OH is 1. The van der Waals surface area contributed by atoms with E-state index >= 15 is 0 Å². The van der Waals surface area contributed by atoms with Gasteiger partial charge in [0.05, 0.1) is 18.1 Å². The van der Waals surface area contributed by atoms with E-state index in [2.05, 4.69) is 5.92 Å². The predicted molar refractivity (Wildman–Crippen MR) is 113 cm³/mol. The molecule has 0 spiro atoms. The second-order valence-corrected chi connectivity index (χ2v) is 7.48. The van der Waals surface area contributed by atoms with Gasteiger partial charge in [-0.15, -0.1) is 12.3 Å². The molecule has 1 N–H and O–H groups in total. The molecule has 1 aliphatic rings. The summed E-state index contributed by atoms with van der Waals surface area (Å²) < 4.78 is 26.6. The number of carbonyl (C=O) groups is 3. The van der Waals surface area contributed by atoms with Crippen molar-refractivity contribution >= 4 is 23.6 Å². The second-order valence-electron chi connectivity index (χ2n) is 7.48. The van der Waals surface area contributed by atoms with Gasteiger partial charge in [-0.2, -0.15) is 0 Å². The molecule has 1 fully saturated rings. The fourth-order valence-electron chi connectivity index (χ4n) is 3.47. The van der Waals surface area contributed by atoms with E-state index in [1.165, 1.54) is 19.1 Å². The summed E-state index contributed by atoms with van der Waals surface area (Å²) >= 11 is 0. The highest BCUT2D eigenvalue weighted by Gasteiger charge is 2.52. The van der Waals surface area contributed by atoms with Crippen molar-refractivity contribution in [3.63, 3.8) is 0 Å². The number of esters is 3. The zero-order valence-electron chi connectivity index (χ0n) is 19.0. The third kappa shape index (κ3) is 6.21. The zero-order valence-corrected chi connectivity index (χ0v) is 19.0. The van der Waals surface area contributed by atoms with Gasteiger partial charge in [-0.1, -0.05) is 13.0 Å². The predicted octanol–water partition coefficient (Wildman–Crippen LogP) is 1.43. The van der Waals surface area contributed by atoms with Crippen LogP contribution in [0.4, 0.5) is 5.69 Å². The van der Waals surface area contributed by atoms with E-state index in [0.717, 1.165) is 27.0 Å². The van der Waals surface area contributed by atoms with Crippen LogP contribution < -0.4 is 4.74 Å². The Morgan fingerprint density at radius 1 is 1.24 bits per heavy atom. The molecule has 1 aromatic carbocycles. The molecule has 0 saturated carbocycles. The third-order valence-electron chi connectivity index (χ3n) is 5.02. The van der Waals surface area contributed by atoms with Gasteiger partial charge < -0.3 is 28.8 Å². The van der Waals surface area contributed by atoms with Gasteiger partial charge in [-0.05, 0) is 11.6 Å². The number of hydrogen-bond donors (Lipinski definition) is 1. The molecule has 0 aliphatic carbocycles. The highest BCUT2D eigenvalue weighted by Crippen LogP contribution is 2.36. The topological polar surface area (TPSA) is 161 Å². The molecule has 184 valence electrons. The lowest BCUT2D eigenvalue weighted by molar-refractivity contribution is -0.387. The quantitative estimate of drug-likeness (QED) is 0.189. The van der Waals surface area contributed by atoms with Crippen LogP contribution in [0.3, 0.4) is 0 Å². The summed E-state index contributed by atoms with van der Waals surface area (Å²) in [6.45, 7) is 3.75. The Kier molecular flexibility index (Phi) is 8.94. The lowest BCUT2D eigenvalue weighted by atomic mass is 9.90. The third-order valence-corrected chi connectivity index (χ3v) is 5.02. The van der Waals surface area contributed by atoms with Crippen molar-refractivity contribution in [2.45, 2.75) is 57.9 Å². The van der Waals surface area contributed by atoms with E-state index in [4.69, 9.17) is 30.1 Å². The molecule has 0 aromatic heterocycles. The van der Waals surface area contributed by atoms with Crippen LogP contribution in [0.5, 0.6) is 5.75 Å². The fourth-order valence-corrected chi connectivity index (χ4v) is 3.47. The van der Waals surface area contributed by atoms with Gasteiger partial charge >= 0.3 is 23.6 Å². The summed E-state index contributed by atoms with van der Waals surface area (Å²) in [5, 5.41) is 21.7. The number of benzene rings is 1. The molecular formula is C22H25NO11. The number of nitro benzene ring substituents is 1. The minimum atomic E-state index is -1.59. The summed E-state index contributed by atoms with van der Waals surface area (Å²) in [6, 6.07) is 3.64. The van der Waals surface area contributed by atoms with E-state index in [-0.39, 0.29) is 17.7 Å². The molecule has 0 radical (unpaired) electrons. The van der Waals surface area contributed by atoms with Crippen molar-refractivity contribution in [2.75, 3.05) is 7.11 Å². The molecule has 12 heteroatoms. The zero-order chi connectivity index (χ0) is 25.6. The van der Waals surface area contributed by atoms with Gasteiger partial charge in [-0.25, -0.2) is 4.79 Å². The van der Waals surface area contributed by atoms with Crippen molar-refractivity contribution in [3.8, 4) is 18.1 Å². The molecule has 1 saturated heterocycles. The number of nitro groups is 1. The van der Waals surface area contributed by atoms with Crippen LogP contribution in [-0.4, -0.2) is 59.6 Å². The summed E-state index contributed by atoms with van der Waals surface area (Å²) in [4.78, 5) is 46.7. The Bertz CT molecular complexity index is 986. The Balaban J connectivity index is 2.51. The second kappa shape index (κ2) is 11.4. The average Bonchev–Trinajstić information content (AvgIpc) is 2.77. The SMILES string of the molecule is C#CC[C@H](O)c1ccc(O[C@@H]2O[C@H](C(=O)OC)[C@@H](C)[C@H](OC(C)=O)[C@H]2OC(C)=O)c([N+](=O)[O-])c1. The van der Waals surface area contributed by atoms with Gasteiger partial charge in [-0.3, -0.25) is 19.7 Å². The number of carbonyl (C=O) groups excluding carboxylic acids is 3. The van der Waals surface area contributed by atoms with Crippen LogP contribution in [-0.2, 0) is 33.3 Å². The van der Waals surface area contributed by atoms with E-state index < -0.39 is 65.1 Å². The van der Waals surface area contributed by atoms with Crippen molar-refractivity contribution < 1.29 is 48.1 Å². The maximum atomic E-state index is 12.3. The van der Waals surface area contributed by atoms with E-state index in [1.807, 2.05) is 0 Å². The number of methoxy groups -OCH3 is 1. The Hall–Kier alpha value is -3.69. The number of nitrogens with zero attached hydrogens (tertiary/aromatic N) is 1. The minimum absolute atomic E-state index is 0.0691. The van der Waals surface area contributed by atoms with Crippen molar-refractivity contribution in [2.24, 2.45) is 5.92 Å². The number of aliphatic hydroxyl groups is 1. The summed E-state index contributed by atoms with van der Waals surface area (Å²) in [6.07, 6.45) is -1.49. The van der Waals surface area contributed by atoms with Crippen LogP contribution in [0.1, 0.15) is 38.9 Å². The number of hydrogen-bond acceptors (Lipinski definition) is 11. The number of ether oxygens (including phenoxy) is 5. The molecule has 0 bridgehead atoms. The van der Waals surface area contributed by atoms with E-state index in [9.17, 15) is 29.6 Å². The van der Waals surface area contributed by atoms with Gasteiger partial charge in [0.15, 0.2) is 18.0 Å². The maximum absolute atomic E-state index is 12.3. The van der Waals surface area contributed by atoms with Crippen LogP contribution in [0, 0.1) is 28.4 Å². The molecule has 34 heavy (non-hydrogen) atoms. The molecule has 1 aromatic rings. The fraction of sp³-hybridized carbons (Fsp3) is 0.500. The van der Waals surface area contributed by atoms with Gasteiger partial charge in [0.1, 0.15) is 0 Å². The van der Waals surface area contributed by atoms with Gasteiger partial charge in [0.25, 0.3) is 0 Å². The number of terminal acetylenes is 1. The standard InChI is InChI=1S/C22H25NO11/c1-6-7-16(26)14-8-9-17(15(10-14)23(28)29)33-22-20(32-13(4)25)18(31-12(3)24)11(2)19(34-22)21(27)30-5/h1,8-11,16,18-20,22,26H,7H2,2-5H3/t11-,16-,18-,19-,20+,22+/m0/s1. The largest absolute Gasteiger partial charge is 0.467 e. The summed E-state index contributed by atoms with van der Waals surface area (Å²) in [5.74, 6) is -1.20. The van der Waals surface area contributed by atoms with Crippen LogP contribution in [0.15, 0.2) is 18.2 Å². The molecule has 0 unspecified atom stereocenters. The molecule has 1 heterocycles. The Morgan fingerprint density at radius 3 is 2.38 bits per heavy atom. The van der Waals surface area contributed by atoms with Crippen LogP contribution >= 0.6 is 0 Å². The average molecular weight is 479 g/mol. The smallest absolute Gasteiger partial charge is 0.335 e. The molecule has 2 rings (SSSR count). The van der Waals surface area contributed by atoms with E-state index in [0.29, 0.717) is 0 Å².